The molecule has 16 heavy (non-hydrogen) atoms. The number of amides is 1. The second kappa shape index (κ2) is 3.93. The molecule has 0 radical (unpaired) electrons. The van der Waals surface area contributed by atoms with E-state index < -0.39 is 0 Å². The van der Waals surface area contributed by atoms with Gasteiger partial charge in [0.05, 0.1) is 22.6 Å². The molecule has 0 fully saturated rings. The van der Waals surface area contributed by atoms with Crippen LogP contribution in [0.1, 0.15) is 20.4 Å². The zero-order valence-corrected chi connectivity index (χ0v) is 9.68. The molecule has 0 aromatic carbocycles. The summed E-state index contributed by atoms with van der Waals surface area (Å²) in [6.45, 7) is 3.63. The second-order valence-corrected chi connectivity index (χ2v) is 4.54. The van der Waals surface area contributed by atoms with Crippen molar-refractivity contribution in [2.24, 2.45) is 0 Å². The average molecular weight is 237 g/mol. The number of nitrogens with one attached hydrogen (secondary N) is 2. The maximum atomic E-state index is 11.7. The van der Waals surface area contributed by atoms with Crippen molar-refractivity contribution in [3.8, 4) is 0 Å². The summed E-state index contributed by atoms with van der Waals surface area (Å²) >= 11 is 1.33. The highest BCUT2D eigenvalue weighted by Crippen LogP contribution is 2.20. The number of hydrogen-bond donors (Lipinski definition) is 3. The molecule has 0 spiro atoms. The molecular weight excluding hydrogens is 226 g/mol. The molecule has 6 nitrogen and oxygen atoms in total. The molecule has 0 bridgehead atoms. The Kier molecular flexibility index (Phi) is 2.61. The number of carbonyl (C=O) groups is 1. The average Bonchev–Trinajstić information content (AvgIpc) is 2.79. The van der Waals surface area contributed by atoms with Crippen LogP contribution in [0.4, 0.5) is 11.5 Å². The molecule has 2 aromatic heterocycles. The highest BCUT2D eigenvalue weighted by Gasteiger charge is 2.13. The maximum Gasteiger partial charge on any atom is 0.268 e. The van der Waals surface area contributed by atoms with Crippen molar-refractivity contribution in [1.82, 2.24) is 15.2 Å². The zero-order valence-electron chi connectivity index (χ0n) is 8.87. The molecule has 84 valence electrons. The Morgan fingerprint density at radius 3 is 2.81 bits per heavy atom. The van der Waals surface area contributed by atoms with Crippen molar-refractivity contribution >= 4 is 28.7 Å². The number of rotatable bonds is 2. The number of aromatic amines is 1. The van der Waals surface area contributed by atoms with Crippen LogP contribution in [0.15, 0.2) is 6.20 Å². The Balaban J connectivity index is 2.17. The van der Waals surface area contributed by atoms with Crippen LogP contribution >= 0.6 is 11.3 Å². The van der Waals surface area contributed by atoms with Crippen molar-refractivity contribution in [2.45, 2.75) is 13.8 Å². The summed E-state index contributed by atoms with van der Waals surface area (Å²) in [5.74, 6) is 0.109. The zero-order chi connectivity index (χ0) is 11.7. The number of nitrogens with zero attached hydrogens (tertiary/aromatic N) is 2. The first-order chi connectivity index (χ1) is 7.58. The van der Waals surface area contributed by atoms with Crippen LogP contribution in [0.5, 0.6) is 0 Å². The van der Waals surface area contributed by atoms with Crippen LogP contribution in [0.3, 0.4) is 0 Å². The number of aromatic nitrogens is 3. The van der Waals surface area contributed by atoms with Crippen molar-refractivity contribution in [3.05, 3.63) is 21.8 Å². The van der Waals surface area contributed by atoms with E-state index in [0.717, 1.165) is 10.7 Å². The van der Waals surface area contributed by atoms with Crippen molar-refractivity contribution in [1.29, 1.82) is 0 Å². The van der Waals surface area contributed by atoms with Gasteiger partial charge in [0.2, 0.25) is 0 Å². The minimum Gasteiger partial charge on any atom is -0.394 e. The van der Waals surface area contributed by atoms with Crippen molar-refractivity contribution in [3.63, 3.8) is 0 Å². The summed E-state index contributed by atoms with van der Waals surface area (Å²) in [6.07, 6.45) is 1.53. The van der Waals surface area contributed by atoms with Crippen LogP contribution in [-0.2, 0) is 0 Å². The van der Waals surface area contributed by atoms with E-state index in [4.69, 9.17) is 5.73 Å². The Labute approximate surface area is 95.9 Å². The van der Waals surface area contributed by atoms with Gasteiger partial charge < -0.3 is 11.1 Å². The first kappa shape index (κ1) is 10.6. The maximum absolute atomic E-state index is 11.7. The van der Waals surface area contributed by atoms with Gasteiger partial charge in [-0.05, 0) is 13.8 Å². The molecule has 2 heterocycles. The van der Waals surface area contributed by atoms with Crippen molar-refractivity contribution in [2.75, 3.05) is 11.1 Å². The standard InChI is InChI=1S/C9H11N5OS/c1-4-7(10)8(14-13-4)12-9(15)6-3-11-5(2)16-6/h3H,10H2,1-2H3,(H2,12,13,14,15). The van der Waals surface area contributed by atoms with Gasteiger partial charge in [-0.25, -0.2) is 4.98 Å². The molecule has 2 aromatic rings. The molecule has 0 aliphatic heterocycles. The van der Waals surface area contributed by atoms with E-state index >= 15 is 0 Å². The van der Waals surface area contributed by atoms with Gasteiger partial charge >= 0.3 is 0 Å². The Morgan fingerprint density at radius 2 is 2.31 bits per heavy atom. The number of H-pyrrole nitrogens is 1. The third-order valence-electron chi connectivity index (χ3n) is 2.07. The van der Waals surface area contributed by atoms with Crippen LogP contribution in [0.25, 0.3) is 0 Å². The van der Waals surface area contributed by atoms with E-state index in [0.29, 0.717) is 16.4 Å². The van der Waals surface area contributed by atoms with Crippen LogP contribution < -0.4 is 11.1 Å². The van der Waals surface area contributed by atoms with Gasteiger partial charge in [0.25, 0.3) is 5.91 Å². The third-order valence-corrected chi connectivity index (χ3v) is 2.98. The molecule has 0 atom stereocenters. The molecule has 0 saturated carbocycles. The predicted octanol–water partition coefficient (Wildman–Crippen LogP) is 1.32. The highest BCUT2D eigenvalue weighted by atomic mass is 32.1. The lowest BCUT2D eigenvalue weighted by Crippen LogP contribution is -2.11. The van der Waals surface area contributed by atoms with E-state index in [-0.39, 0.29) is 5.91 Å². The third kappa shape index (κ3) is 1.89. The molecule has 4 N–H and O–H groups in total. The first-order valence-corrected chi connectivity index (χ1v) is 5.44. The quantitative estimate of drug-likeness (QED) is 0.733. The van der Waals surface area contributed by atoms with Gasteiger partial charge in [-0.3, -0.25) is 9.89 Å². The largest absolute Gasteiger partial charge is 0.394 e. The van der Waals surface area contributed by atoms with Crippen LogP contribution in [-0.4, -0.2) is 21.1 Å². The van der Waals surface area contributed by atoms with E-state index in [1.807, 2.05) is 6.92 Å². The van der Waals surface area contributed by atoms with Gasteiger partial charge in [0.15, 0.2) is 5.82 Å². The molecule has 0 saturated heterocycles. The lowest BCUT2D eigenvalue weighted by molar-refractivity contribution is 0.103. The summed E-state index contributed by atoms with van der Waals surface area (Å²) in [4.78, 5) is 16.3. The molecule has 0 aliphatic carbocycles. The molecule has 0 aliphatic rings. The SMILES string of the molecule is Cc1ncc(C(=O)Nc2n[nH]c(C)c2N)s1. The number of nitrogens with two attached hydrogens (primary N) is 1. The van der Waals surface area contributed by atoms with E-state index in [1.165, 1.54) is 17.5 Å². The number of aryl methyl sites for hydroxylation is 2. The van der Waals surface area contributed by atoms with Gasteiger partial charge in [-0.15, -0.1) is 11.3 Å². The number of thiazole rings is 1. The summed E-state index contributed by atoms with van der Waals surface area (Å²) in [5.41, 5.74) is 6.90. The summed E-state index contributed by atoms with van der Waals surface area (Å²) < 4.78 is 0. The van der Waals surface area contributed by atoms with Gasteiger partial charge in [-0.2, -0.15) is 5.10 Å². The lowest BCUT2D eigenvalue weighted by atomic mass is 10.4. The van der Waals surface area contributed by atoms with E-state index in [9.17, 15) is 4.79 Å². The van der Waals surface area contributed by atoms with Gasteiger partial charge in [0.1, 0.15) is 4.88 Å². The van der Waals surface area contributed by atoms with Gasteiger partial charge in [-0.1, -0.05) is 0 Å². The summed E-state index contributed by atoms with van der Waals surface area (Å²) in [5, 5.41) is 10.1. The molecule has 1 amide bonds. The van der Waals surface area contributed by atoms with Crippen LogP contribution in [0, 0.1) is 13.8 Å². The number of anilines is 2. The van der Waals surface area contributed by atoms with Crippen molar-refractivity contribution < 1.29 is 4.79 Å². The minimum atomic E-state index is -0.246. The predicted molar refractivity (Wildman–Crippen MR) is 62.5 cm³/mol. The normalized spacial score (nSPS) is 10.4. The van der Waals surface area contributed by atoms with Crippen LogP contribution in [0.2, 0.25) is 0 Å². The fourth-order valence-corrected chi connectivity index (χ4v) is 1.84. The topological polar surface area (TPSA) is 96.7 Å². The summed E-state index contributed by atoms with van der Waals surface area (Å²) in [6, 6.07) is 0. The lowest BCUT2D eigenvalue weighted by Gasteiger charge is -1.99. The fraction of sp³-hybridized carbons (Fsp3) is 0.222. The molecule has 0 unspecified atom stereocenters. The number of hydrogen-bond acceptors (Lipinski definition) is 5. The Bertz CT molecular complexity index is 530. The fourth-order valence-electron chi connectivity index (χ4n) is 1.17. The Morgan fingerprint density at radius 1 is 1.56 bits per heavy atom. The number of nitrogen functional groups attached to an aromatic ring is 1. The summed E-state index contributed by atoms with van der Waals surface area (Å²) in [7, 11) is 0. The first-order valence-electron chi connectivity index (χ1n) is 4.62. The highest BCUT2D eigenvalue weighted by molar-refractivity contribution is 7.13. The molecule has 2 rings (SSSR count). The van der Waals surface area contributed by atoms with E-state index in [2.05, 4.69) is 20.5 Å². The monoisotopic (exact) mass is 237 g/mol. The van der Waals surface area contributed by atoms with Gasteiger partial charge in [0, 0.05) is 0 Å². The molecular formula is C9H11N5OS. The number of carbonyl (C=O) groups excluding carboxylic acids is 1. The minimum absolute atomic E-state index is 0.246. The second-order valence-electron chi connectivity index (χ2n) is 3.31. The smallest absolute Gasteiger partial charge is 0.268 e. The van der Waals surface area contributed by atoms with E-state index in [1.54, 1.807) is 6.92 Å². The Hall–Kier alpha value is -1.89. The molecule has 7 heteroatoms.